The Balaban J connectivity index is 1.89. The van der Waals surface area contributed by atoms with E-state index in [4.69, 9.17) is 4.74 Å². The molecule has 1 aromatic rings. The lowest BCUT2D eigenvalue weighted by atomic mass is 9.81. The first-order valence-corrected chi connectivity index (χ1v) is 7.25. The van der Waals surface area contributed by atoms with Crippen LogP contribution in [0.25, 0.3) is 0 Å². The summed E-state index contributed by atoms with van der Waals surface area (Å²) in [5.41, 5.74) is -0.533. The van der Waals surface area contributed by atoms with Gasteiger partial charge in [0.05, 0.1) is 29.2 Å². The summed E-state index contributed by atoms with van der Waals surface area (Å²) in [5, 5.41) is 10.7. The fourth-order valence-corrected chi connectivity index (χ4v) is 3.88. The van der Waals surface area contributed by atoms with Gasteiger partial charge in [-0.1, -0.05) is 6.42 Å². The molecule has 1 aliphatic carbocycles. The molecule has 2 fully saturated rings. The third kappa shape index (κ3) is 2.12. The molecule has 2 unspecified atom stereocenters. The number of hydrogen-bond donors (Lipinski definition) is 0. The van der Waals surface area contributed by atoms with Crippen molar-refractivity contribution in [2.75, 3.05) is 25.1 Å². The number of rotatable bonds is 3. The van der Waals surface area contributed by atoms with Gasteiger partial charge in [-0.3, -0.25) is 14.9 Å². The summed E-state index contributed by atoms with van der Waals surface area (Å²) < 4.78 is 19.1. The van der Waals surface area contributed by atoms with Gasteiger partial charge in [-0.2, -0.15) is 0 Å². The summed E-state index contributed by atoms with van der Waals surface area (Å²) in [4.78, 5) is 24.1. The Labute approximate surface area is 127 Å². The zero-order valence-corrected chi connectivity index (χ0v) is 12.3. The van der Waals surface area contributed by atoms with Gasteiger partial charge in [0, 0.05) is 19.2 Å². The molecule has 6 nitrogen and oxygen atoms in total. The monoisotopic (exact) mass is 308 g/mol. The quantitative estimate of drug-likeness (QED) is 0.487. The Morgan fingerprint density at radius 3 is 2.95 bits per heavy atom. The zero-order chi connectivity index (χ0) is 15.9. The van der Waals surface area contributed by atoms with Gasteiger partial charge in [0.25, 0.3) is 5.69 Å². The van der Waals surface area contributed by atoms with Gasteiger partial charge in [0.1, 0.15) is 0 Å². The maximum Gasteiger partial charge on any atom is 0.313 e. The number of hydrogen-bond acceptors (Lipinski definition) is 5. The van der Waals surface area contributed by atoms with Crippen molar-refractivity contribution in [3.05, 3.63) is 34.1 Å². The topological polar surface area (TPSA) is 72.7 Å². The number of carbonyl (C=O) groups excluding carboxylic acids is 1. The smallest absolute Gasteiger partial charge is 0.313 e. The molecule has 2 atom stereocenters. The molecule has 7 heteroatoms. The minimum Gasteiger partial charge on any atom is -0.469 e. The highest BCUT2D eigenvalue weighted by molar-refractivity contribution is 5.80. The molecule has 2 aliphatic rings. The lowest BCUT2D eigenvalue weighted by Gasteiger charge is -2.26. The van der Waals surface area contributed by atoms with Crippen LogP contribution in [-0.4, -0.2) is 31.1 Å². The van der Waals surface area contributed by atoms with Crippen molar-refractivity contribution < 1.29 is 18.8 Å². The van der Waals surface area contributed by atoms with E-state index in [1.165, 1.54) is 19.2 Å². The first kappa shape index (κ1) is 14.7. The maximum atomic E-state index is 14.2. The molecule has 1 saturated carbocycles. The van der Waals surface area contributed by atoms with Crippen LogP contribution < -0.4 is 4.90 Å². The van der Waals surface area contributed by atoms with Crippen LogP contribution in [0.5, 0.6) is 0 Å². The van der Waals surface area contributed by atoms with Crippen molar-refractivity contribution in [3.63, 3.8) is 0 Å². The molecule has 22 heavy (non-hydrogen) atoms. The van der Waals surface area contributed by atoms with Crippen LogP contribution in [0.15, 0.2) is 18.2 Å². The molecule has 0 bridgehead atoms. The van der Waals surface area contributed by atoms with Gasteiger partial charge in [-0.05, 0) is 24.8 Å². The second-order valence-corrected chi connectivity index (χ2v) is 6.01. The average molecular weight is 308 g/mol. The number of benzene rings is 1. The molecule has 0 N–H and O–H groups in total. The predicted molar refractivity (Wildman–Crippen MR) is 77.1 cm³/mol. The number of halogens is 1. The van der Waals surface area contributed by atoms with Crippen LogP contribution in [-0.2, 0) is 9.53 Å². The average Bonchev–Trinajstić information content (AvgIpc) is 3.03. The molecule has 118 valence electrons. The molecule has 0 radical (unpaired) electrons. The number of fused-ring (bicyclic) bond motifs is 1. The van der Waals surface area contributed by atoms with Gasteiger partial charge in [0.2, 0.25) is 0 Å². The molecule has 1 saturated heterocycles. The third-order valence-corrected chi connectivity index (χ3v) is 4.95. The predicted octanol–water partition coefficient (Wildman–Crippen LogP) is 2.51. The third-order valence-electron chi connectivity index (χ3n) is 4.95. The van der Waals surface area contributed by atoms with Crippen LogP contribution in [0.2, 0.25) is 0 Å². The van der Waals surface area contributed by atoms with Crippen LogP contribution in [0, 0.1) is 27.3 Å². The number of ether oxygens (including phenoxy) is 1. The summed E-state index contributed by atoms with van der Waals surface area (Å²) in [6.07, 6.45) is 2.63. The van der Waals surface area contributed by atoms with Crippen molar-refractivity contribution in [2.45, 2.75) is 19.3 Å². The van der Waals surface area contributed by atoms with Crippen molar-refractivity contribution in [3.8, 4) is 0 Å². The molecule has 0 aromatic heterocycles. The van der Waals surface area contributed by atoms with Crippen molar-refractivity contribution in [2.24, 2.45) is 11.3 Å². The van der Waals surface area contributed by atoms with E-state index in [0.717, 1.165) is 25.3 Å². The largest absolute Gasteiger partial charge is 0.469 e. The Morgan fingerprint density at radius 2 is 2.32 bits per heavy atom. The SMILES string of the molecule is COC(=O)C12CCCC1CN(c1ccc([N+](=O)[O-])cc1F)C2. The minimum absolute atomic E-state index is 0.148. The number of nitro groups is 1. The van der Waals surface area contributed by atoms with E-state index in [0.29, 0.717) is 18.8 Å². The molecule has 3 rings (SSSR count). The van der Waals surface area contributed by atoms with Crippen LogP contribution in [0.4, 0.5) is 15.8 Å². The van der Waals surface area contributed by atoms with E-state index in [2.05, 4.69) is 0 Å². The van der Waals surface area contributed by atoms with E-state index in [1.54, 1.807) is 4.90 Å². The fraction of sp³-hybridized carbons (Fsp3) is 0.533. The number of methoxy groups -OCH3 is 1. The number of nitrogens with zero attached hydrogens (tertiary/aromatic N) is 2. The fourth-order valence-electron chi connectivity index (χ4n) is 3.88. The van der Waals surface area contributed by atoms with E-state index in [1.807, 2.05) is 0 Å². The maximum absolute atomic E-state index is 14.2. The zero-order valence-electron chi connectivity index (χ0n) is 12.3. The van der Waals surface area contributed by atoms with Gasteiger partial charge in [-0.25, -0.2) is 4.39 Å². The molecule has 1 aliphatic heterocycles. The molecule has 1 aromatic carbocycles. The van der Waals surface area contributed by atoms with E-state index in [9.17, 15) is 19.3 Å². The lowest BCUT2D eigenvalue weighted by Crippen LogP contribution is -2.37. The second-order valence-electron chi connectivity index (χ2n) is 6.01. The summed E-state index contributed by atoms with van der Waals surface area (Å²) in [6, 6.07) is 3.63. The number of esters is 1. The number of non-ortho nitro benzene ring substituents is 1. The summed E-state index contributed by atoms with van der Waals surface area (Å²) in [6.45, 7) is 0.975. The highest BCUT2D eigenvalue weighted by Gasteiger charge is 2.55. The van der Waals surface area contributed by atoms with Crippen LogP contribution in [0.1, 0.15) is 19.3 Å². The van der Waals surface area contributed by atoms with Crippen LogP contribution in [0.3, 0.4) is 0 Å². The Bertz CT molecular complexity index is 636. The Kier molecular flexibility index (Phi) is 3.50. The number of anilines is 1. The highest BCUT2D eigenvalue weighted by atomic mass is 19.1. The number of carbonyl (C=O) groups is 1. The van der Waals surface area contributed by atoms with Crippen molar-refractivity contribution in [1.82, 2.24) is 0 Å². The lowest BCUT2D eigenvalue weighted by molar-refractivity contribution is -0.385. The van der Waals surface area contributed by atoms with Gasteiger partial charge >= 0.3 is 5.97 Å². The van der Waals surface area contributed by atoms with Crippen LogP contribution >= 0.6 is 0 Å². The van der Waals surface area contributed by atoms with E-state index >= 15 is 0 Å². The molecule has 0 amide bonds. The van der Waals surface area contributed by atoms with E-state index < -0.39 is 16.2 Å². The summed E-state index contributed by atoms with van der Waals surface area (Å²) in [5.74, 6) is -0.719. The molecular formula is C15H17FN2O4. The van der Waals surface area contributed by atoms with Gasteiger partial charge < -0.3 is 9.64 Å². The van der Waals surface area contributed by atoms with Gasteiger partial charge in [-0.15, -0.1) is 0 Å². The number of nitro benzene ring substituents is 1. The molecule has 1 heterocycles. The first-order chi connectivity index (χ1) is 10.5. The summed E-state index contributed by atoms with van der Waals surface area (Å²) >= 11 is 0. The van der Waals surface area contributed by atoms with Crippen molar-refractivity contribution >= 4 is 17.3 Å². The molecular weight excluding hydrogens is 291 g/mol. The Hall–Kier alpha value is -2.18. The standard InChI is InChI=1S/C15H17FN2O4/c1-22-14(19)15-6-2-3-10(15)8-17(9-15)13-5-4-11(18(20)21)7-12(13)16/h4-5,7,10H,2-3,6,8-9H2,1H3. The summed E-state index contributed by atoms with van der Waals surface area (Å²) in [7, 11) is 1.38. The minimum atomic E-state index is -0.630. The highest BCUT2D eigenvalue weighted by Crippen LogP contribution is 2.50. The second kappa shape index (κ2) is 5.23. The molecule has 0 spiro atoms. The van der Waals surface area contributed by atoms with Crippen molar-refractivity contribution in [1.29, 1.82) is 0 Å². The Morgan fingerprint density at radius 1 is 1.55 bits per heavy atom. The normalized spacial score (nSPS) is 26.8. The first-order valence-electron chi connectivity index (χ1n) is 7.25. The van der Waals surface area contributed by atoms with E-state index in [-0.39, 0.29) is 17.6 Å². The van der Waals surface area contributed by atoms with Gasteiger partial charge in [0.15, 0.2) is 5.82 Å².